The van der Waals surface area contributed by atoms with Crippen LogP contribution in [-0.4, -0.2) is 27.7 Å². The summed E-state index contributed by atoms with van der Waals surface area (Å²) in [7, 11) is 0. The second kappa shape index (κ2) is 9.15. The molecule has 6 nitrogen and oxygen atoms in total. The fourth-order valence-corrected chi connectivity index (χ4v) is 3.34. The molecule has 26 heavy (non-hydrogen) atoms. The van der Waals surface area contributed by atoms with E-state index in [1.807, 2.05) is 40.4 Å². The van der Waals surface area contributed by atoms with E-state index in [-0.39, 0.29) is 11.8 Å². The van der Waals surface area contributed by atoms with Crippen molar-refractivity contribution >= 4 is 28.1 Å². The molecule has 3 aromatic rings. The summed E-state index contributed by atoms with van der Waals surface area (Å²) in [6.07, 6.45) is 6.96. The zero-order valence-corrected chi connectivity index (χ0v) is 15.3. The summed E-state index contributed by atoms with van der Waals surface area (Å²) in [5.74, 6) is -0.0157. The molecule has 0 unspecified atom stereocenters. The van der Waals surface area contributed by atoms with Crippen LogP contribution < -0.4 is 10.6 Å². The fraction of sp³-hybridized carbons (Fsp3) is 0.316. The molecule has 7 heteroatoms. The molecular formula is C19H22N4O2S. The number of fused-ring (bicyclic) bond motifs is 1. The van der Waals surface area contributed by atoms with Gasteiger partial charge in [0.05, 0.1) is 12.2 Å². The van der Waals surface area contributed by atoms with Crippen molar-refractivity contribution in [3.63, 3.8) is 0 Å². The highest BCUT2D eigenvalue weighted by Crippen LogP contribution is 2.11. The molecule has 1 aromatic carbocycles. The molecule has 2 aromatic heterocycles. The molecule has 0 bridgehead atoms. The lowest BCUT2D eigenvalue weighted by Gasteiger charge is -2.06. The summed E-state index contributed by atoms with van der Waals surface area (Å²) in [6.45, 7) is 1.08. The molecule has 136 valence electrons. The van der Waals surface area contributed by atoms with Crippen molar-refractivity contribution in [2.24, 2.45) is 0 Å². The summed E-state index contributed by atoms with van der Waals surface area (Å²) >= 11 is 1.57. The van der Waals surface area contributed by atoms with E-state index in [0.29, 0.717) is 25.1 Å². The van der Waals surface area contributed by atoms with Gasteiger partial charge in [-0.25, -0.2) is 4.98 Å². The fourth-order valence-electron chi connectivity index (χ4n) is 2.62. The Bertz CT molecular complexity index is 828. The molecule has 0 saturated carbocycles. The Labute approximate surface area is 156 Å². The highest BCUT2D eigenvalue weighted by Gasteiger charge is 2.06. The Kier molecular flexibility index (Phi) is 6.38. The van der Waals surface area contributed by atoms with Gasteiger partial charge in [0.25, 0.3) is 5.91 Å². The Morgan fingerprint density at radius 1 is 1.08 bits per heavy atom. The number of unbranched alkanes of at least 4 members (excludes halogenated alkanes) is 2. The zero-order chi connectivity index (χ0) is 18.2. The lowest BCUT2D eigenvalue weighted by Crippen LogP contribution is -2.24. The van der Waals surface area contributed by atoms with Gasteiger partial charge in [-0.05, 0) is 25.0 Å². The average Bonchev–Trinajstić information content (AvgIpc) is 3.25. The van der Waals surface area contributed by atoms with Gasteiger partial charge in [-0.3, -0.25) is 14.0 Å². The van der Waals surface area contributed by atoms with Crippen LogP contribution in [0.5, 0.6) is 0 Å². The van der Waals surface area contributed by atoms with Gasteiger partial charge >= 0.3 is 0 Å². The van der Waals surface area contributed by atoms with Crippen LogP contribution in [-0.2, 0) is 11.3 Å². The second-order valence-corrected chi connectivity index (χ2v) is 6.91. The van der Waals surface area contributed by atoms with Crippen molar-refractivity contribution in [2.45, 2.75) is 32.2 Å². The van der Waals surface area contributed by atoms with Gasteiger partial charge in [-0.2, -0.15) is 0 Å². The molecule has 0 aliphatic rings. The highest BCUT2D eigenvalue weighted by atomic mass is 32.1. The summed E-state index contributed by atoms with van der Waals surface area (Å²) in [5.41, 5.74) is 1.54. The first-order valence-corrected chi connectivity index (χ1v) is 9.61. The van der Waals surface area contributed by atoms with Crippen molar-refractivity contribution < 1.29 is 9.59 Å². The van der Waals surface area contributed by atoms with E-state index in [9.17, 15) is 9.59 Å². The number of rotatable bonds is 9. The minimum absolute atomic E-state index is 0.0367. The van der Waals surface area contributed by atoms with E-state index in [0.717, 1.165) is 29.9 Å². The maximum Gasteiger partial charge on any atom is 0.251 e. The average molecular weight is 370 g/mol. The molecule has 0 aliphatic carbocycles. The maximum atomic E-state index is 11.9. The second-order valence-electron chi connectivity index (χ2n) is 6.03. The van der Waals surface area contributed by atoms with Crippen molar-refractivity contribution in [3.05, 3.63) is 59.4 Å². The minimum Gasteiger partial charge on any atom is -0.352 e. The SMILES string of the molecule is O=C(CCCCCNC(=O)c1ccccc1)NCc1cn2ccsc2n1. The molecular weight excluding hydrogens is 348 g/mol. The largest absolute Gasteiger partial charge is 0.352 e. The van der Waals surface area contributed by atoms with Crippen LogP contribution in [0.1, 0.15) is 41.7 Å². The summed E-state index contributed by atoms with van der Waals surface area (Å²) in [5, 5.41) is 7.77. The monoisotopic (exact) mass is 370 g/mol. The van der Waals surface area contributed by atoms with E-state index >= 15 is 0 Å². The van der Waals surface area contributed by atoms with Gasteiger partial charge in [0.1, 0.15) is 0 Å². The van der Waals surface area contributed by atoms with Gasteiger partial charge in [0, 0.05) is 36.3 Å². The zero-order valence-electron chi connectivity index (χ0n) is 14.5. The molecule has 0 fully saturated rings. The topological polar surface area (TPSA) is 75.5 Å². The Hall–Kier alpha value is -2.67. The number of hydrogen-bond acceptors (Lipinski definition) is 4. The van der Waals surface area contributed by atoms with E-state index in [2.05, 4.69) is 15.6 Å². The first kappa shape index (κ1) is 18.1. The van der Waals surface area contributed by atoms with Crippen LogP contribution in [0.25, 0.3) is 4.96 Å². The minimum atomic E-state index is -0.0525. The first-order valence-electron chi connectivity index (χ1n) is 8.73. The van der Waals surface area contributed by atoms with Crippen LogP contribution in [0.4, 0.5) is 0 Å². The standard InChI is InChI=1S/C19H22N4O2S/c24-17(21-13-16-14-23-11-12-26-19(23)22-16)9-5-2-6-10-20-18(25)15-7-3-1-4-8-15/h1,3-4,7-8,11-12,14H,2,5-6,9-10,13H2,(H,20,25)(H,21,24). The Morgan fingerprint density at radius 3 is 2.73 bits per heavy atom. The van der Waals surface area contributed by atoms with Crippen molar-refractivity contribution in [1.29, 1.82) is 0 Å². The van der Waals surface area contributed by atoms with Crippen molar-refractivity contribution in [1.82, 2.24) is 20.0 Å². The van der Waals surface area contributed by atoms with Crippen molar-refractivity contribution in [3.8, 4) is 0 Å². The van der Waals surface area contributed by atoms with E-state index in [4.69, 9.17) is 0 Å². The summed E-state index contributed by atoms with van der Waals surface area (Å²) in [4.78, 5) is 29.1. The lowest BCUT2D eigenvalue weighted by molar-refractivity contribution is -0.121. The molecule has 2 N–H and O–H groups in total. The van der Waals surface area contributed by atoms with Crippen LogP contribution >= 0.6 is 11.3 Å². The molecule has 0 aliphatic heterocycles. The maximum absolute atomic E-state index is 11.9. The molecule has 2 heterocycles. The van der Waals surface area contributed by atoms with Crippen molar-refractivity contribution in [2.75, 3.05) is 6.54 Å². The lowest BCUT2D eigenvalue weighted by atomic mass is 10.1. The third-order valence-corrected chi connectivity index (χ3v) is 4.78. The van der Waals surface area contributed by atoms with Crippen LogP contribution in [0.2, 0.25) is 0 Å². The van der Waals surface area contributed by atoms with Gasteiger partial charge in [0.2, 0.25) is 5.91 Å². The molecule has 3 rings (SSSR count). The Morgan fingerprint density at radius 2 is 1.92 bits per heavy atom. The number of aromatic nitrogens is 2. The number of carbonyl (C=O) groups excluding carboxylic acids is 2. The predicted octanol–water partition coefficient (Wildman–Crippen LogP) is 3.00. The normalized spacial score (nSPS) is 10.8. The van der Waals surface area contributed by atoms with Gasteiger partial charge < -0.3 is 10.6 Å². The number of nitrogens with one attached hydrogen (secondary N) is 2. The van der Waals surface area contributed by atoms with Crippen LogP contribution in [0.3, 0.4) is 0 Å². The van der Waals surface area contributed by atoms with Gasteiger partial charge in [-0.15, -0.1) is 11.3 Å². The molecule has 0 saturated heterocycles. The first-order chi connectivity index (χ1) is 12.7. The molecule has 2 amide bonds. The third-order valence-electron chi connectivity index (χ3n) is 4.01. The third kappa shape index (κ3) is 5.16. The van der Waals surface area contributed by atoms with E-state index in [1.54, 1.807) is 23.5 Å². The van der Waals surface area contributed by atoms with Crippen LogP contribution in [0, 0.1) is 0 Å². The molecule has 0 spiro atoms. The number of imidazole rings is 1. The smallest absolute Gasteiger partial charge is 0.251 e. The number of hydrogen-bond donors (Lipinski definition) is 2. The summed E-state index contributed by atoms with van der Waals surface area (Å²) in [6, 6.07) is 9.17. The number of carbonyl (C=O) groups is 2. The van der Waals surface area contributed by atoms with Gasteiger partial charge in [-0.1, -0.05) is 24.6 Å². The predicted molar refractivity (Wildman–Crippen MR) is 102 cm³/mol. The quantitative estimate of drug-likeness (QED) is 0.569. The van der Waals surface area contributed by atoms with Crippen LogP contribution in [0.15, 0.2) is 48.1 Å². The number of nitrogens with zero attached hydrogens (tertiary/aromatic N) is 2. The highest BCUT2D eigenvalue weighted by molar-refractivity contribution is 7.15. The molecule has 0 atom stereocenters. The van der Waals surface area contributed by atoms with E-state index < -0.39 is 0 Å². The van der Waals surface area contributed by atoms with E-state index in [1.165, 1.54) is 0 Å². The number of thiazole rings is 1. The summed E-state index contributed by atoms with van der Waals surface area (Å²) < 4.78 is 1.95. The Balaban J connectivity index is 1.25. The van der Waals surface area contributed by atoms with Gasteiger partial charge in [0.15, 0.2) is 4.96 Å². The number of benzene rings is 1. The number of amides is 2. The molecule has 0 radical (unpaired) electrons.